The zero-order chi connectivity index (χ0) is 21.4. The highest BCUT2D eigenvalue weighted by molar-refractivity contribution is 5.92. The molecule has 0 aromatic heterocycles. The summed E-state index contributed by atoms with van der Waals surface area (Å²) in [6.07, 6.45) is 6.18. The summed E-state index contributed by atoms with van der Waals surface area (Å²) in [4.78, 5) is 25.0. The van der Waals surface area contributed by atoms with Gasteiger partial charge in [-0.25, -0.2) is 0 Å². The van der Waals surface area contributed by atoms with Gasteiger partial charge in [0.25, 0.3) is 0 Å². The van der Waals surface area contributed by atoms with Gasteiger partial charge in [-0.3, -0.25) is 9.59 Å². The Balaban J connectivity index is 1.78. The predicted molar refractivity (Wildman–Crippen MR) is 112 cm³/mol. The first-order chi connectivity index (χ1) is 13.5. The van der Waals surface area contributed by atoms with Crippen molar-refractivity contribution in [2.75, 3.05) is 0 Å². The second kappa shape index (κ2) is 6.54. The first-order valence-electron chi connectivity index (χ1n) is 11.2. The van der Waals surface area contributed by atoms with E-state index in [1.807, 2.05) is 0 Å². The molecule has 0 amide bonds. The fourth-order valence-corrected chi connectivity index (χ4v) is 8.17. The summed E-state index contributed by atoms with van der Waals surface area (Å²) in [5.41, 5.74) is 2.25. The third-order valence-electron chi connectivity index (χ3n) is 9.39. The van der Waals surface area contributed by atoms with Crippen molar-refractivity contribution in [1.29, 1.82) is 0 Å². The molecule has 0 saturated heterocycles. The topological polar surface area (TPSA) is 63.6 Å². The van der Waals surface area contributed by atoms with Crippen LogP contribution in [0, 0.1) is 28.6 Å². The number of aliphatic hydroxyl groups is 1. The lowest BCUT2D eigenvalue weighted by Crippen LogP contribution is -2.59. The number of ketones is 1. The Labute approximate surface area is 174 Å². The van der Waals surface area contributed by atoms with Crippen molar-refractivity contribution in [3.05, 3.63) is 23.3 Å². The Morgan fingerprint density at radius 1 is 1.07 bits per heavy atom. The molecule has 0 aliphatic heterocycles. The first-order valence-corrected chi connectivity index (χ1v) is 11.2. The highest BCUT2D eigenvalue weighted by Crippen LogP contribution is 2.69. The van der Waals surface area contributed by atoms with Crippen molar-refractivity contribution in [3.8, 4) is 0 Å². The van der Waals surface area contributed by atoms with Gasteiger partial charge in [-0.15, -0.1) is 0 Å². The number of aliphatic hydroxyl groups excluding tert-OH is 1. The molecule has 0 radical (unpaired) electrons. The van der Waals surface area contributed by atoms with E-state index in [0.717, 1.165) is 50.5 Å². The van der Waals surface area contributed by atoms with Gasteiger partial charge in [-0.2, -0.15) is 0 Å². The van der Waals surface area contributed by atoms with E-state index in [1.54, 1.807) is 6.92 Å². The average molecular weight is 401 g/mol. The summed E-state index contributed by atoms with van der Waals surface area (Å²) < 4.78 is 5.86. The number of carbonyl (C=O) groups excluding carboxylic acids is 2. The van der Waals surface area contributed by atoms with E-state index in [4.69, 9.17) is 4.74 Å². The van der Waals surface area contributed by atoms with Crippen LogP contribution in [-0.4, -0.2) is 28.6 Å². The Morgan fingerprint density at radius 2 is 1.76 bits per heavy atom. The van der Waals surface area contributed by atoms with Crippen molar-refractivity contribution in [2.45, 2.75) is 91.3 Å². The van der Waals surface area contributed by atoms with Crippen LogP contribution in [0.4, 0.5) is 0 Å². The highest BCUT2D eigenvalue weighted by atomic mass is 16.6. The van der Waals surface area contributed by atoms with Crippen molar-refractivity contribution < 1.29 is 19.4 Å². The van der Waals surface area contributed by atoms with Crippen LogP contribution < -0.4 is 0 Å². The van der Waals surface area contributed by atoms with E-state index in [0.29, 0.717) is 11.8 Å². The summed E-state index contributed by atoms with van der Waals surface area (Å²) in [5.74, 6) is 0.820. The van der Waals surface area contributed by atoms with E-state index >= 15 is 0 Å². The maximum Gasteiger partial charge on any atom is 0.303 e. The standard InChI is InChI=1S/C25H36O4/c1-14-11-19-20(23(5)9-7-18(28)13-21(14)23)8-10-24(6)22(19)12-15(2)25(24,16(3)26)29-17(4)27/h18-20,22,28H,2,7-13H2,1,3-6H3/t18-,19+,20-,22-,23-,24+,25-/m1/s1. The molecule has 4 aliphatic carbocycles. The largest absolute Gasteiger partial charge is 0.446 e. The number of Topliss-reactive ketones (excluding diaryl/α,β-unsaturated/α-hetero) is 1. The van der Waals surface area contributed by atoms with Gasteiger partial charge in [-0.1, -0.05) is 31.6 Å². The molecule has 4 heteroatoms. The lowest BCUT2D eigenvalue weighted by molar-refractivity contribution is -0.181. The molecule has 0 aromatic carbocycles. The highest BCUT2D eigenvalue weighted by Gasteiger charge is 2.69. The van der Waals surface area contributed by atoms with Crippen LogP contribution >= 0.6 is 0 Å². The molecule has 0 bridgehead atoms. The van der Waals surface area contributed by atoms with Gasteiger partial charge >= 0.3 is 5.97 Å². The number of rotatable bonds is 2. The maximum atomic E-state index is 13.0. The average Bonchev–Trinajstić information content (AvgIpc) is 2.85. The molecular formula is C25H36O4. The molecule has 4 aliphatic rings. The predicted octanol–water partition coefficient (Wildman–Crippen LogP) is 4.76. The molecule has 7 atom stereocenters. The number of hydrogen-bond acceptors (Lipinski definition) is 4. The normalized spacial score (nSPS) is 46.6. The third kappa shape index (κ3) is 2.60. The molecule has 0 spiro atoms. The zero-order valence-electron chi connectivity index (χ0n) is 18.6. The van der Waals surface area contributed by atoms with Crippen molar-refractivity contribution >= 4 is 11.8 Å². The second-order valence-electron chi connectivity index (χ2n) is 10.7. The molecule has 160 valence electrons. The van der Waals surface area contributed by atoms with E-state index in [9.17, 15) is 14.7 Å². The molecule has 0 heterocycles. The van der Waals surface area contributed by atoms with Crippen LogP contribution in [0.3, 0.4) is 0 Å². The monoisotopic (exact) mass is 400 g/mol. The number of allylic oxidation sites excluding steroid dienone is 1. The molecule has 3 saturated carbocycles. The molecular weight excluding hydrogens is 364 g/mol. The van der Waals surface area contributed by atoms with Crippen molar-refractivity contribution in [2.24, 2.45) is 28.6 Å². The van der Waals surface area contributed by atoms with Crippen LogP contribution in [0.2, 0.25) is 0 Å². The quantitative estimate of drug-likeness (QED) is 0.536. The zero-order valence-corrected chi connectivity index (χ0v) is 18.6. The molecule has 4 rings (SSSR count). The maximum absolute atomic E-state index is 13.0. The summed E-state index contributed by atoms with van der Waals surface area (Å²) in [5, 5.41) is 10.3. The molecule has 3 fully saturated rings. The molecule has 0 aromatic rings. The lowest BCUT2D eigenvalue weighted by atomic mass is 9.45. The van der Waals surface area contributed by atoms with Gasteiger partial charge in [-0.05, 0) is 87.5 Å². The summed E-state index contributed by atoms with van der Waals surface area (Å²) >= 11 is 0. The first kappa shape index (κ1) is 20.8. The summed E-state index contributed by atoms with van der Waals surface area (Å²) in [6.45, 7) is 14.0. The Hall–Kier alpha value is -1.42. The smallest absolute Gasteiger partial charge is 0.303 e. The van der Waals surface area contributed by atoms with Gasteiger partial charge in [0.1, 0.15) is 0 Å². The van der Waals surface area contributed by atoms with Crippen molar-refractivity contribution in [3.63, 3.8) is 0 Å². The van der Waals surface area contributed by atoms with Crippen LogP contribution in [0.5, 0.6) is 0 Å². The van der Waals surface area contributed by atoms with Gasteiger partial charge in [0.05, 0.1) is 6.10 Å². The van der Waals surface area contributed by atoms with E-state index in [1.165, 1.54) is 18.1 Å². The van der Waals surface area contributed by atoms with Crippen LogP contribution in [0.1, 0.15) is 79.6 Å². The molecule has 1 N–H and O–H groups in total. The van der Waals surface area contributed by atoms with Gasteiger partial charge < -0.3 is 9.84 Å². The van der Waals surface area contributed by atoms with Crippen LogP contribution in [0.15, 0.2) is 23.3 Å². The SMILES string of the molecule is C=C1C[C@@H]2[C@H]3CC(C)=C4C[C@H](O)CC[C@]4(C)[C@@H]3CC[C@]2(C)[C@]1(OC(C)=O)C(C)=O. The minimum atomic E-state index is -1.18. The number of carbonyl (C=O) groups is 2. The van der Waals surface area contributed by atoms with Gasteiger partial charge in [0.15, 0.2) is 11.4 Å². The van der Waals surface area contributed by atoms with E-state index in [-0.39, 0.29) is 23.2 Å². The Morgan fingerprint density at radius 3 is 2.38 bits per heavy atom. The number of esters is 1. The Kier molecular flexibility index (Phi) is 4.70. The van der Waals surface area contributed by atoms with Crippen LogP contribution in [-0.2, 0) is 14.3 Å². The fraction of sp³-hybridized carbons (Fsp3) is 0.760. The third-order valence-corrected chi connectivity index (χ3v) is 9.39. The minimum Gasteiger partial charge on any atom is -0.446 e. The lowest BCUT2D eigenvalue weighted by Gasteiger charge is -2.59. The summed E-state index contributed by atoms with van der Waals surface area (Å²) in [6, 6.07) is 0. The molecule has 0 unspecified atom stereocenters. The molecule has 4 nitrogen and oxygen atoms in total. The van der Waals surface area contributed by atoms with Gasteiger partial charge in [0.2, 0.25) is 0 Å². The van der Waals surface area contributed by atoms with Gasteiger partial charge in [0, 0.05) is 12.3 Å². The number of hydrogen-bond donors (Lipinski definition) is 1. The van der Waals surface area contributed by atoms with Crippen LogP contribution in [0.25, 0.3) is 0 Å². The molecule has 29 heavy (non-hydrogen) atoms. The Bertz CT molecular complexity index is 810. The van der Waals surface area contributed by atoms with Crippen molar-refractivity contribution in [1.82, 2.24) is 0 Å². The summed E-state index contributed by atoms with van der Waals surface area (Å²) in [7, 11) is 0. The minimum absolute atomic E-state index is 0.0862. The number of fused-ring (bicyclic) bond motifs is 5. The number of ether oxygens (including phenoxy) is 1. The van der Waals surface area contributed by atoms with E-state index < -0.39 is 17.0 Å². The van der Waals surface area contributed by atoms with E-state index in [2.05, 4.69) is 27.4 Å². The second-order valence-corrected chi connectivity index (χ2v) is 10.7. The fourth-order valence-electron chi connectivity index (χ4n) is 8.17.